The standard InChI is InChI=1S/C13H13IN2O2/c1-9(17)15-11-3-2-4-12(7-11)16-8-10(14)5-6-13(16)18/h2-8,13,18H,1H3,(H,15,17). The average Bonchev–Trinajstić information content (AvgIpc) is 2.32. The van der Waals surface area contributed by atoms with Crippen LogP contribution >= 0.6 is 22.6 Å². The normalized spacial score (nSPS) is 18.5. The van der Waals surface area contributed by atoms with Crippen LogP contribution < -0.4 is 10.2 Å². The average molecular weight is 356 g/mol. The van der Waals surface area contributed by atoms with E-state index in [9.17, 15) is 9.90 Å². The van der Waals surface area contributed by atoms with Gasteiger partial charge >= 0.3 is 0 Å². The summed E-state index contributed by atoms with van der Waals surface area (Å²) in [6.45, 7) is 1.47. The van der Waals surface area contributed by atoms with Crippen molar-refractivity contribution < 1.29 is 9.90 Å². The summed E-state index contributed by atoms with van der Waals surface area (Å²) in [5.74, 6) is -0.114. The monoisotopic (exact) mass is 356 g/mol. The van der Waals surface area contributed by atoms with Crippen molar-refractivity contribution >= 4 is 39.9 Å². The summed E-state index contributed by atoms with van der Waals surface area (Å²) in [5.41, 5.74) is 1.54. The van der Waals surface area contributed by atoms with Crippen LogP contribution in [0.1, 0.15) is 6.92 Å². The van der Waals surface area contributed by atoms with Crippen molar-refractivity contribution in [3.63, 3.8) is 0 Å². The van der Waals surface area contributed by atoms with E-state index in [1.165, 1.54) is 6.92 Å². The number of hydrogen-bond donors (Lipinski definition) is 2. The number of carbonyl (C=O) groups excluding carboxylic acids is 1. The van der Waals surface area contributed by atoms with Gasteiger partial charge in [-0.3, -0.25) is 4.79 Å². The van der Waals surface area contributed by atoms with Gasteiger partial charge in [0.1, 0.15) is 6.23 Å². The number of aliphatic hydroxyl groups excluding tert-OH is 1. The Bertz CT molecular complexity index is 525. The molecule has 0 radical (unpaired) electrons. The van der Waals surface area contributed by atoms with Gasteiger partial charge in [0.15, 0.2) is 0 Å². The first-order chi connectivity index (χ1) is 8.56. The van der Waals surface area contributed by atoms with Crippen molar-refractivity contribution in [1.82, 2.24) is 0 Å². The molecule has 1 aromatic carbocycles. The van der Waals surface area contributed by atoms with Crippen molar-refractivity contribution in [2.45, 2.75) is 13.2 Å². The highest BCUT2D eigenvalue weighted by Crippen LogP contribution is 2.26. The second-order valence-electron chi connectivity index (χ2n) is 3.93. The van der Waals surface area contributed by atoms with E-state index in [2.05, 4.69) is 27.9 Å². The lowest BCUT2D eigenvalue weighted by Gasteiger charge is -2.27. The highest BCUT2D eigenvalue weighted by molar-refractivity contribution is 14.1. The summed E-state index contributed by atoms with van der Waals surface area (Å²) in [7, 11) is 0. The van der Waals surface area contributed by atoms with Crippen LogP contribution in [-0.4, -0.2) is 17.2 Å². The van der Waals surface area contributed by atoms with E-state index in [4.69, 9.17) is 0 Å². The van der Waals surface area contributed by atoms with E-state index in [0.717, 1.165) is 9.27 Å². The van der Waals surface area contributed by atoms with Gasteiger partial charge in [-0.1, -0.05) is 6.07 Å². The van der Waals surface area contributed by atoms with Gasteiger partial charge in [-0.05, 0) is 52.9 Å². The van der Waals surface area contributed by atoms with Crippen LogP contribution in [0.5, 0.6) is 0 Å². The number of allylic oxidation sites excluding steroid dienone is 2. The number of nitrogens with one attached hydrogen (secondary N) is 1. The Balaban J connectivity index is 2.28. The number of amides is 1. The number of rotatable bonds is 2. The highest BCUT2D eigenvalue weighted by atomic mass is 127. The fraction of sp³-hybridized carbons (Fsp3) is 0.154. The predicted molar refractivity (Wildman–Crippen MR) is 80.5 cm³/mol. The molecule has 2 rings (SSSR count). The van der Waals surface area contributed by atoms with Crippen LogP contribution in [-0.2, 0) is 4.79 Å². The summed E-state index contributed by atoms with van der Waals surface area (Å²) < 4.78 is 1.03. The van der Waals surface area contributed by atoms with Crippen molar-refractivity contribution in [3.8, 4) is 0 Å². The molecule has 0 saturated heterocycles. The molecule has 1 aliphatic rings. The van der Waals surface area contributed by atoms with E-state index < -0.39 is 6.23 Å². The van der Waals surface area contributed by atoms with Crippen LogP contribution in [0.2, 0.25) is 0 Å². The lowest BCUT2D eigenvalue weighted by molar-refractivity contribution is -0.114. The van der Waals surface area contributed by atoms with Crippen LogP contribution in [0.4, 0.5) is 11.4 Å². The Labute approximate surface area is 119 Å². The second-order valence-corrected chi connectivity index (χ2v) is 5.17. The quantitative estimate of drug-likeness (QED) is 0.801. The molecule has 0 bridgehead atoms. The minimum atomic E-state index is -0.684. The van der Waals surface area contributed by atoms with Crippen molar-refractivity contribution in [3.05, 3.63) is 46.2 Å². The molecular formula is C13H13IN2O2. The third-order valence-electron chi connectivity index (χ3n) is 2.44. The van der Waals surface area contributed by atoms with Crippen molar-refractivity contribution in [2.75, 3.05) is 10.2 Å². The van der Waals surface area contributed by atoms with Crippen LogP contribution in [0, 0.1) is 0 Å². The Morgan fingerprint density at radius 2 is 2.28 bits per heavy atom. The Hall–Kier alpha value is -1.34. The van der Waals surface area contributed by atoms with Gasteiger partial charge in [-0.2, -0.15) is 0 Å². The summed E-state index contributed by atoms with van der Waals surface area (Å²) in [6.07, 6.45) is 4.75. The summed E-state index contributed by atoms with van der Waals surface area (Å²) >= 11 is 2.19. The van der Waals surface area contributed by atoms with Crippen LogP contribution in [0.15, 0.2) is 46.2 Å². The molecular weight excluding hydrogens is 343 g/mol. The van der Waals surface area contributed by atoms with Crippen molar-refractivity contribution in [2.24, 2.45) is 0 Å². The molecule has 0 saturated carbocycles. The maximum absolute atomic E-state index is 11.0. The minimum Gasteiger partial charge on any atom is -0.370 e. The molecule has 0 spiro atoms. The maximum Gasteiger partial charge on any atom is 0.221 e. The molecule has 4 nitrogen and oxygen atoms in total. The third-order valence-corrected chi connectivity index (χ3v) is 3.08. The topological polar surface area (TPSA) is 52.6 Å². The molecule has 5 heteroatoms. The zero-order valence-electron chi connectivity index (χ0n) is 9.80. The molecule has 2 N–H and O–H groups in total. The number of anilines is 2. The first kappa shape index (κ1) is 13.1. The van der Waals surface area contributed by atoms with E-state index in [0.29, 0.717) is 5.69 Å². The molecule has 1 aliphatic heterocycles. The van der Waals surface area contributed by atoms with Gasteiger partial charge in [-0.15, -0.1) is 0 Å². The SMILES string of the molecule is CC(=O)Nc1cccc(N2C=C(I)C=CC2O)c1. The lowest BCUT2D eigenvalue weighted by Crippen LogP contribution is -2.30. The largest absolute Gasteiger partial charge is 0.370 e. The molecule has 0 aromatic heterocycles. The van der Waals surface area contributed by atoms with E-state index in [1.54, 1.807) is 11.0 Å². The first-order valence-electron chi connectivity index (χ1n) is 5.46. The number of nitrogens with zero attached hydrogens (tertiary/aromatic N) is 1. The summed E-state index contributed by atoms with van der Waals surface area (Å²) in [6, 6.07) is 7.36. The number of hydrogen-bond acceptors (Lipinski definition) is 3. The van der Waals surface area contributed by atoms with Gasteiger partial charge < -0.3 is 15.3 Å². The van der Waals surface area contributed by atoms with Gasteiger partial charge in [0, 0.05) is 28.1 Å². The maximum atomic E-state index is 11.0. The predicted octanol–water partition coefficient (Wildman–Crippen LogP) is 2.62. The molecule has 1 unspecified atom stereocenters. The molecule has 1 atom stereocenters. The van der Waals surface area contributed by atoms with Crippen LogP contribution in [0.3, 0.4) is 0 Å². The van der Waals surface area contributed by atoms with Gasteiger partial charge in [0.25, 0.3) is 0 Å². The Kier molecular flexibility index (Phi) is 4.03. The third kappa shape index (κ3) is 3.11. The second kappa shape index (κ2) is 5.53. The fourth-order valence-corrected chi connectivity index (χ4v) is 2.21. The highest BCUT2D eigenvalue weighted by Gasteiger charge is 2.15. The van der Waals surface area contributed by atoms with Gasteiger partial charge in [0.05, 0.1) is 0 Å². The number of carbonyl (C=O) groups is 1. The Morgan fingerprint density at radius 3 is 3.00 bits per heavy atom. The summed E-state index contributed by atoms with van der Waals surface area (Å²) in [5, 5.41) is 12.6. The van der Waals surface area contributed by atoms with Crippen LogP contribution in [0.25, 0.3) is 0 Å². The van der Waals surface area contributed by atoms with Gasteiger partial charge in [-0.25, -0.2) is 0 Å². The number of benzene rings is 1. The number of halogens is 1. The lowest BCUT2D eigenvalue weighted by atomic mass is 10.2. The summed E-state index contributed by atoms with van der Waals surface area (Å²) in [4.78, 5) is 12.8. The molecule has 94 valence electrons. The zero-order valence-corrected chi connectivity index (χ0v) is 12.0. The van der Waals surface area contributed by atoms with E-state index in [1.807, 2.05) is 36.5 Å². The fourth-order valence-electron chi connectivity index (χ4n) is 1.70. The molecule has 1 aromatic rings. The zero-order chi connectivity index (χ0) is 13.1. The minimum absolute atomic E-state index is 0.114. The molecule has 1 heterocycles. The van der Waals surface area contributed by atoms with Gasteiger partial charge in [0.2, 0.25) is 5.91 Å². The molecule has 0 aliphatic carbocycles. The first-order valence-corrected chi connectivity index (χ1v) is 6.54. The Morgan fingerprint density at radius 1 is 1.50 bits per heavy atom. The smallest absolute Gasteiger partial charge is 0.221 e. The van der Waals surface area contributed by atoms with Crippen molar-refractivity contribution in [1.29, 1.82) is 0 Å². The van der Waals surface area contributed by atoms with E-state index >= 15 is 0 Å². The number of aliphatic hydroxyl groups is 1. The van der Waals surface area contributed by atoms with E-state index in [-0.39, 0.29) is 5.91 Å². The molecule has 1 amide bonds. The molecule has 18 heavy (non-hydrogen) atoms. The molecule has 0 fully saturated rings.